The first-order valence-electron chi connectivity index (χ1n) is 4.42. The second kappa shape index (κ2) is 4.84. The van der Waals surface area contributed by atoms with Crippen molar-refractivity contribution in [3.63, 3.8) is 0 Å². The third kappa shape index (κ3) is 2.44. The first kappa shape index (κ1) is 10.0. The predicted molar refractivity (Wildman–Crippen MR) is 53.3 cm³/mol. The Kier molecular flexibility index (Phi) is 3.73. The van der Waals surface area contributed by atoms with E-state index in [2.05, 4.69) is 12.3 Å². The lowest BCUT2D eigenvalue weighted by molar-refractivity contribution is 0.414. The molecule has 1 aromatic carbocycles. The Labute approximate surface area is 78.9 Å². The van der Waals surface area contributed by atoms with Crippen LogP contribution in [0.4, 0.5) is 0 Å². The molecule has 0 bridgehead atoms. The molecule has 1 aromatic rings. The standard InChI is InChI=1S/C10H16N2O/c1-3-10(12-11)8-4-6-9(13-2)7-5-8/h4-7,10,12H,3,11H2,1-2H3/t10-/m1/s1. The van der Waals surface area contributed by atoms with Crippen LogP contribution in [0, 0.1) is 0 Å². The van der Waals surface area contributed by atoms with Gasteiger partial charge in [0.05, 0.1) is 7.11 Å². The topological polar surface area (TPSA) is 47.3 Å². The number of hydrazine groups is 1. The van der Waals surface area contributed by atoms with E-state index in [4.69, 9.17) is 10.6 Å². The molecule has 0 aliphatic carbocycles. The van der Waals surface area contributed by atoms with Crippen LogP contribution in [0.2, 0.25) is 0 Å². The molecule has 0 radical (unpaired) electrons. The van der Waals surface area contributed by atoms with Crippen molar-refractivity contribution in [1.82, 2.24) is 5.43 Å². The maximum absolute atomic E-state index is 5.40. The molecule has 0 fully saturated rings. The van der Waals surface area contributed by atoms with E-state index in [0.717, 1.165) is 12.2 Å². The highest BCUT2D eigenvalue weighted by molar-refractivity contribution is 5.28. The predicted octanol–water partition coefficient (Wildman–Crippen LogP) is 1.61. The van der Waals surface area contributed by atoms with Gasteiger partial charge in [0, 0.05) is 6.04 Å². The SMILES string of the molecule is CC[C@@H](NN)c1ccc(OC)cc1. The molecule has 0 saturated heterocycles. The van der Waals surface area contributed by atoms with Crippen LogP contribution >= 0.6 is 0 Å². The van der Waals surface area contributed by atoms with E-state index < -0.39 is 0 Å². The Morgan fingerprint density at radius 2 is 2.00 bits per heavy atom. The summed E-state index contributed by atoms with van der Waals surface area (Å²) in [5.74, 6) is 6.28. The maximum Gasteiger partial charge on any atom is 0.118 e. The van der Waals surface area contributed by atoms with Crippen molar-refractivity contribution in [1.29, 1.82) is 0 Å². The molecule has 0 aliphatic rings. The van der Waals surface area contributed by atoms with Crippen molar-refractivity contribution in [3.8, 4) is 5.75 Å². The highest BCUT2D eigenvalue weighted by Crippen LogP contribution is 2.18. The van der Waals surface area contributed by atoms with Crippen molar-refractivity contribution in [3.05, 3.63) is 29.8 Å². The quantitative estimate of drug-likeness (QED) is 0.546. The number of rotatable bonds is 4. The number of hydrogen-bond donors (Lipinski definition) is 2. The lowest BCUT2D eigenvalue weighted by Gasteiger charge is -2.13. The van der Waals surface area contributed by atoms with Crippen molar-refractivity contribution >= 4 is 0 Å². The number of nitrogens with one attached hydrogen (secondary N) is 1. The van der Waals surface area contributed by atoms with Crippen LogP contribution in [0.5, 0.6) is 5.75 Å². The normalized spacial score (nSPS) is 12.5. The van der Waals surface area contributed by atoms with Gasteiger partial charge in [-0.25, -0.2) is 0 Å². The Balaban J connectivity index is 2.78. The van der Waals surface area contributed by atoms with Crippen LogP contribution in [-0.2, 0) is 0 Å². The molecule has 0 spiro atoms. The van der Waals surface area contributed by atoms with Gasteiger partial charge in [0.15, 0.2) is 0 Å². The van der Waals surface area contributed by atoms with E-state index >= 15 is 0 Å². The summed E-state index contributed by atoms with van der Waals surface area (Å²) in [7, 11) is 1.66. The van der Waals surface area contributed by atoms with Gasteiger partial charge >= 0.3 is 0 Å². The molecule has 0 saturated carbocycles. The van der Waals surface area contributed by atoms with Gasteiger partial charge in [-0.15, -0.1) is 0 Å². The average molecular weight is 180 g/mol. The summed E-state index contributed by atoms with van der Waals surface area (Å²) >= 11 is 0. The molecule has 3 nitrogen and oxygen atoms in total. The first-order valence-corrected chi connectivity index (χ1v) is 4.42. The minimum Gasteiger partial charge on any atom is -0.497 e. The smallest absolute Gasteiger partial charge is 0.118 e. The van der Waals surface area contributed by atoms with E-state index in [1.54, 1.807) is 7.11 Å². The summed E-state index contributed by atoms with van der Waals surface area (Å²) < 4.78 is 5.06. The number of hydrogen-bond acceptors (Lipinski definition) is 3. The molecule has 0 aliphatic heterocycles. The molecule has 0 heterocycles. The summed E-state index contributed by atoms with van der Waals surface area (Å²) in [5, 5.41) is 0. The van der Waals surface area contributed by atoms with E-state index in [1.807, 2.05) is 24.3 Å². The average Bonchev–Trinajstić information content (AvgIpc) is 2.21. The summed E-state index contributed by atoms with van der Waals surface area (Å²) in [4.78, 5) is 0. The van der Waals surface area contributed by atoms with Crippen LogP contribution < -0.4 is 16.0 Å². The monoisotopic (exact) mass is 180 g/mol. The van der Waals surface area contributed by atoms with Gasteiger partial charge < -0.3 is 4.74 Å². The van der Waals surface area contributed by atoms with E-state index in [-0.39, 0.29) is 6.04 Å². The second-order valence-corrected chi connectivity index (χ2v) is 2.90. The molecule has 13 heavy (non-hydrogen) atoms. The zero-order valence-electron chi connectivity index (χ0n) is 8.08. The molecule has 0 amide bonds. The fraction of sp³-hybridized carbons (Fsp3) is 0.400. The summed E-state index contributed by atoms with van der Waals surface area (Å²) in [6.45, 7) is 2.09. The molecular formula is C10H16N2O. The Bertz CT molecular complexity index is 242. The Hall–Kier alpha value is -1.06. The van der Waals surface area contributed by atoms with Gasteiger partial charge in [0.2, 0.25) is 0 Å². The van der Waals surface area contributed by atoms with Crippen LogP contribution in [0.15, 0.2) is 24.3 Å². The highest BCUT2D eigenvalue weighted by Gasteiger charge is 2.05. The van der Waals surface area contributed by atoms with Crippen molar-refractivity contribution in [2.24, 2.45) is 5.84 Å². The number of benzene rings is 1. The summed E-state index contributed by atoms with van der Waals surface area (Å²) in [6.07, 6.45) is 0.975. The lowest BCUT2D eigenvalue weighted by atomic mass is 10.1. The first-order chi connectivity index (χ1) is 6.31. The molecule has 3 heteroatoms. The van der Waals surface area contributed by atoms with Gasteiger partial charge in [-0.3, -0.25) is 11.3 Å². The van der Waals surface area contributed by atoms with Gasteiger partial charge in [-0.2, -0.15) is 0 Å². The fourth-order valence-electron chi connectivity index (χ4n) is 1.29. The summed E-state index contributed by atoms with van der Waals surface area (Å²) in [6, 6.07) is 8.15. The van der Waals surface area contributed by atoms with Crippen LogP contribution in [0.25, 0.3) is 0 Å². The molecule has 0 aromatic heterocycles. The molecule has 72 valence electrons. The summed E-state index contributed by atoms with van der Waals surface area (Å²) in [5.41, 5.74) is 3.95. The number of nitrogens with two attached hydrogens (primary N) is 1. The zero-order valence-corrected chi connectivity index (χ0v) is 8.08. The Morgan fingerprint density at radius 3 is 2.38 bits per heavy atom. The van der Waals surface area contributed by atoms with E-state index in [1.165, 1.54) is 5.56 Å². The third-order valence-corrected chi connectivity index (χ3v) is 2.13. The van der Waals surface area contributed by atoms with E-state index in [9.17, 15) is 0 Å². The van der Waals surface area contributed by atoms with Crippen molar-refractivity contribution < 1.29 is 4.74 Å². The second-order valence-electron chi connectivity index (χ2n) is 2.90. The minimum absolute atomic E-state index is 0.228. The molecule has 1 rings (SSSR count). The lowest BCUT2D eigenvalue weighted by Crippen LogP contribution is -2.27. The van der Waals surface area contributed by atoms with Crippen molar-refractivity contribution in [2.45, 2.75) is 19.4 Å². The maximum atomic E-state index is 5.40. The Morgan fingerprint density at radius 1 is 1.38 bits per heavy atom. The number of ether oxygens (including phenoxy) is 1. The van der Waals surface area contributed by atoms with E-state index in [0.29, 0.717) is 0 Å². The van der Waals surface area contributed by atoms with Gasteiger partial charge in [-0.05, 0) is 24.1 Å². The van der Waals surface area contributed by atoms with Crippen molar-refractivity contribution in [2.75, 3.05) is 7.11 Å². The minimum atomic E-state index is 0.228. The molecule has 3 N–H and O–H groups in total. The van der Waals surface area contributed by atoms with Crippen LogP contribution in [0.1, 0.15) is 24.9 Å². The molecule has 1 atom stereocenters. The third-order valence-electron chi connectivity index (χ3n) is 2.13. The zero-order chi connectivity index (χ0) is 9.68. The van der Waals surface area contributed by atoms with Gasteiger partial charge in [-0.1, -0.05) is 19.1 Å². The molecular weight excluding hydrogens is 164 g/mol. The molecule has 0 unspecified atom stereocenters. The van der Waals surface area contributed by atoms with Crippen LogP contribution in [0.3, 0.4) is 0 Å². The number of methoxy groups -OCH3 is 1. The van der Waals surface area contributed by atoms with Crippen LogP contribution in [-0.4, -0.2) is 7.11 Å². The largest absolute Gasteiger partial charge is 0.497 e. The van der Waals surface area contributed by atoms with Gasteiger partial charge in [0.1, 0.15) is 5.75 Å². The van der Waals surface area contributed by atoms with Gasteiger partial charge in [0.25, 0.3) is 0 Å². The highest BCUT2D eigenvalue weighted by atomic mass is 16.5. The fourth-order valence-corrected chi connectivity index (χ4v) is 1.29.